The predicted octanol–water partition coefficient (Wildman–Crippen LogP) is 1.95. The van der Waals surface area contributed by atoms with Crippen molar-refractivity contribution in [2.24, 2.45) is 5.73 Å². The molecule has 1 heterocycles. The van der Waals surface area contributed by atoms with Gasteiger partial charge in [-0.25, -0.2) is 4.98 Å². The third-order valence-corrected chi connectivity index (χ3v) is 3.41. The molecule has 5 heteroatoms. The van der Waals surface area contributed by atoms with Crippen LogP contribution < -0.4 is 15.8 Å². The monoisotopic (exact) mass is 250 g/mol. The van der Waals surface area contributed by atoms with Crippen molar-refractivity contribution in [1.82, 2.24) is 9.97 Å². The molecule has 5 nitrogen and oxygen atoms in total. The minimum Gasteiger partial charge on any atom is -0.478 e. The van der Waals surface area contributed by atoms with E-state index in [2.05, 4.69) is 22.2 Å². The summed E-state index contributed by atoms with van der Waals surface area (Å²) in [6, 6.07) is 1.78. The quantitative estimate of drug-likeness (QED) is 0.807. The lowest BCUT2D eigenvalue weighted by molar-refractivity contribution is 0.305. The normalized spacial score (nSPS) is 17.7. The molecule has 0 bridgehead atoms. The zero-order chi connectivity index (χ0) is 12.8. The summed E-state index contributed by atoms with van der Waals surface area (Å²) >= 11 is 0. The van der Waals surface area contributed by atoms with E-state index in [0.29, 0.717) is 25.0 Å². The van der Waals surface area contributed by atoms with E-state index >= 15 is 0 Å². The van der Waals surface area contributed by atoms with E-state index in [1.54, 1.807) is 12.3 Å². The molecule has 1 fully saturated rings. The van der Waals surface area contributed by atoms with Gasteiger partial charge < -0.3 is 15.8 Å². The molecule has 0 aromatic carbocycles. The van der Waals surface area contributed by atoms with Crippen molar-refractivity contribution in [2.45, 2.75) is 44.6 Å². The summed E-state index contributed by atoms with van der Waals surface area (Å²) < 4.78 is 5.50. The van der Waals surface area contributed by atoms with E-state index in [1.807, 2.05) is 0 Å². The van der Waals surface area contributed by atoms with E-state index in [4.69, 9.17) is 10.5 Å². The predicted molar refractivity (Wildman–Crippen MR) is 71.7 cm³/mol. The molecule has 1 aromatic rings. The van der Waals surface area contributed by atoms with Crippen molar-refractivity contribution in [2.75, 3.05) is 18.5 Å². The Morgan fingerprint density at radius 3 is 2.89 bits per heavy atom. The lowest BCUT2D eigenvalue weighted by atomic mass is 9.98. The summed E-state index contributed by atoms with van der Waals surface area (Å²) in [7, 11) is 0. The van der Waals surface area contributed by atoms with Gasteiger partial charge in [0.1, 0.15) is 0 Å². The van der Waals surface area contributed by atoms with Gasteiger partial charge in [-0.15, -0.1) is 0 Å². The lowest BCUT2D eigenvalue weighted by Gasteiger charge is -2.28. The molecule has 0 atom stereocenters. The van der Waals surface area contributed by atoms with Crippen LogP contribution >= 0.6 is 0 Å². The second-order valence-corrected chi connectivity index (χ2v) is 4.88. The standard InChI is InChI=1S/C13H22N4O/c1-2-9-18-11-5-8-15-12(16-11)17-13(10-14)6-3-4-7-13/h5,8H,2-4,6-7,9-10,14H2,1H3,(H,15,16,17). The van der Waals surface area contributed by atoms with Gasteiger partial charge in [0, 0.05) is 18.8 Å². The Labute approximate surface area is 108 Å². The molecule has 2 rings (SSSR count). The molecule has 0 aliphatic heterocycles. The molecule has 0 radical (unpaired) electrons. The van der Waals surface area contributed by atoms with Crippen LogP contribution in [-0.4, -0.2) is 28.7 Å². The molecule has 1 aromatic heterocycles. The van der Waals surface area contributed by atoms with Gasteiger partial charge in [-0.3, -0.25) is 0 Å². The summed E-state index contributed by atoms with van der Waals surface area (Å²) in [5.74, 6) is 1.25. The van der Waals surface area contributed by atoms with Gasteiger partial charge in [0.2, 0.25) is 11.8 Å². The number of ether oxygens (including phenoxy) is 1. The molecule has 0 saturated heterocycles. The average molecular weight is 250 g/mol. The maximum Gasteiger partial charge on any atom is 0.226 e. The fourth-order valence-electron chi connectivity index (χ4n) is 2.36. The van der Waals surface area contributed by atoms with Gasteiger partial charge in [-0.05, 0) is 19.3 Å². The summed E-state index contributed by atoms with van der Waals surface area (Å²) in [5, 5.41) is 3.39. The molecule has 1 aliphatic carbocycles. The Morgan fingerprint density at radius 2 is 2.22 bits per heavy atom. The summed E-state index contributed by atoms with van der Waals surface area (Å²) in [6.45, 7) is 3.37. The van der Waals surface area contributed by atoms with Gasteiger partial charge in [0.05, 0.1) is 12.1 Å². The Hall–Kier alpha value is -1.36. The highest BCUT2D eigenvalue weighted by molar-refractivity contribution is 5.32. The van der Waals surface area contributed by atoms with Crippen LogP contribution in [0.2, 0.25) is 0 Å². The largest absolute Gasteiger partial charge is 0.478 e. The number of hydrogen-bond donors (Lipinski definition) is 2. The first-order valence-corrected chi connectivity index (χ1v) is 6.72. The summed E-state index contributed by atoms with van der Waals surface area (Å²) in [4.78, 5) is 8.61. The number of nitrogens with two attached hydrogens (primary N) is 1. The molecule has 3 N–H and O–H groups in total. The maximum atomic E-state index is 5.89. The smallest absolute Gasteiger partial charge is 0.226 e. The van der Waals surface area contributed by atoms with Crippen LogP contribution in [0.1, 0.15) is 39.0 Å². The number of anilines is 1. The maximum absolute atomic E-state index is 5.89. The van der Waals surface area contributed by atoms with Crippen LogP contribution in [0.15, 0.2) is 12.3 Å². The lowest BCUT2D eigenvalue weighted by Crippen LogP contribution is -2.43. The van der Waals surface area contributed by atoms with Crippen LogP contribution in [0.25, 0.3) is 0 Å². The van der Waals surface area contributed by atoms with Crippen molar-refractivity contribution in [3.8, 4) is 5.88 Å². The summed E-state index contributed by atoms with van der Waals surface area (Å²) in [5.41, 5.74) is 5.86. The average Bonchev–Trinajstić information content (AvgIpc) is 2.86. The highest BCUT2D eigenvalue weighted by Crippen LogP contribution is 2.31. The van der Waals surface area contributed by atoms with Crippen molar-refractivity contribution in [3.05, 3.63) is 12.3 Å². The minimum atomic E-state index is -0.0244. The van der Waals surface area contributed by atoms with Crippen LogP contribution in [0.3, 0.4) is 0 Å². The zero-order valence-corrected chi connectivity index (χ0v) is 11.0. The molecule has 100 valence electrons. The Kier molecular flexibility index (Phi) is 4.36. The van der Waals surface area contributed by atoms with E-state index in [-0.39, 0.29) is 5.54 Å². The van der Waals surface area contributed by atoms with E-state index in [0.717, 1.165) is 19.3 Å². The first-order valence-electron chi connectivity index (χ1n) is 6.72. The van der Waals surface area contributed by atoms with Gasteiger partial charge in [0.25, 0.3) is 0 Å². The molecule has 0 unspecified atom stereocenters. The molecule has 18 heavy (non-hydrogen) atoms. The second kappa shape index (κ2) is 6.00. The number of aromatic nitrogens is 2. The number of rotatable bonds is 6. The van der Waals surface area contributed by atoms with Gasteiger partial charge >= 0.3 is 0 Å². The van der Waals surface area contributed by atoms with E-state index in [9.17, 15) is 0 Å². The van der Waals surface area contributed by atoms with Gasteiger partial charge in [-0.2, -0.15) is 4.98 Å². The van der Waals surface area contributed by atoms with Gasteiger partial charge in [-0.1, -0.05) is 19.8 Å². The summed E-state index contributed by atoms with van der Waals surface area (Å²) in [6.07, 6.45) is 7.31. The molecule has 0 amide bonds. The third kappa shape index (κ3) is 3.10. The fourth-order valence-corrected chi connectivity index (χ4v) is 2.36. The number of hydrogen-bond acceptors (Lipinski definition) is 5. The van der Waals surface area contributed by atoms with E-state index in [1.165, 1.54) is 12.8 Å². The van der Waals surface area contributed by atoms with Crippen molar-refractivity contribution in [3.63, 3.8) is 0 Å². The molecule has 0 spiro atoms. The Bertz CT molecular complexity index is 377. The third-order valence-electron chi connectivity index (χ3n) is 3.41. The molecule has 1 aliphatic rings. The molecular weight excluding hydrogens is 228 g/mol. The van der Waals surface area contributed by atoms with Gasteiger partial charge in [0.15, 0.2) is 0 Å². The molecular formula is C13H22N4O. The van der Waals surface area contributed by atoms with Crippen LogP contribution in [-0.2, 0) is 0 Å². The van der Waals surface area contributed by atoms with Crippen molar-refractivity contribution >= 4 is 5.95 Å². The van der Waals surface area contributed by atoms with Crippen molar-refractivity contribution < 1.29 is 4.74 Å². The number of nitrogens with zero attached hydrogens (tertiary/aromatic N) is 2. The number of nitrogens with one attached hydrogen (secondary N) is 1. The highest BCUT2D eigenvalue weighted by Gasteiger charge is 2.32. The van der Waals surface area contributed by atoms with Crippen LogP contribution in [0, 0.1) is 0 Å². The Balaban J connectivity index is 2.04. The van der Waals surface area contributed by atoms with Crippen molar-refractivity contribution in [1.29, 1.82) is 0 Å². The van der Waals surface area contributed by atoms with Crippen LogP contribution in [0.4, 0.5) is 5.95 Å². The first kappa shape index (κ1) is 13.1. The van der Waals surface area contributed by atoms with E-state index < -0.39 is 0 Å². The second-order valence-electron chi connectivity index (χ2n) is 4.88. The Morgan fingerprint density at radius 1 is 1.44 bits per heavy atom. The van der Waals surface area contributed by atoms with Crippen LogP contribution in [0.5, 0.6) is 5.88 Å². The minimum absolute atomic E-state index is 0.0244. The highest BCUT2D eigenvalue weighted by atomic mass is 16.5. The topological polar surface area (TPSA) is 73.1 Å². The first-order chi connectivity index (χ1) is 8.78. The fraction of sp³-hybridized carbons (Fsp3) is 0.692. The SMILES string of the molecule is CCCOc1ccnc(NC2(CN)CCCC2)n1. The zero-order valence-electron chi connectivity index (χ0n) is 11.0. The molecule has 1 saturated carbocycles.